The van der Waals surface area contributed by atoms with Crippen LogP contribution in [0.1, 0.15) is 18.4 Å². The van der Waals surface area contributed by atoms with Crippen LogP contribution in [-0.4, -0.2) is 23.8 Å². The zero-order chi connectivity index (χ0) is 11.3. The number of hydrogen-bond donors (Lipinski definition) is 1. The molecule has 1 aliphatic carbocycles. The first kappa shape index (κ1) is 9.51. The second kappa shape index (κ2) is 3.14. The smallest absolute Gasteiger partial charge is 0.313 e. The predicted molar refractivity (Wildman–Crippen MR) is 55.4 cm³/mol. The fraction of sp³-hybridized carbons (Fsp3) is 0.417. The number of phenolic OH excluding ortho intramolecular Hbond substituents is 1. The third-order valence-electron chi connectivity index (χ3n) is 3.13. The van der Waals surface area contributed by atoms with E-state index in [0.29, 0.717) is 6.61 Å². The van der Waals surface area contributed by atoms with E-state index < -0.39 is 0 Å². The van der Waals surface area contributed by atoms with Crippen molar-refractivity contribution in [2.75, 3.05) is 6.61 Å². The molecule has 0 bridgehead atoms. The average molecular weight is 220 g/mol. The molecule has 0 radical (unpaired) electrons. The van der Waals surface area contributed by atoms with Gasteiger partial charge >= 0.3 is 5.97 Å². The molecule has 1 unspecified atom stereocenters. The Kier molecular flexibility index (Phi) is 1.87. The molecule has 1 aliphatic heterocycles. The molecule has 2 aliphatic rings. The monoisotopic (exact) mass is 220 g/mol. The number of hydrogen-bond acceptors (Lipinski definition) is 4. The molecule has 0 amide bonds. The first-order chi connectivity index (χ1) is 7.72. The summed E-state index contributed by atoms with van der Waals surface area (Å²) in [5.74, 6) is 0.660. The van der Waals surface area contributed by atoms with Crippen molar-refractivity contribution in [2.24, 2.45) is 5.92 Å². The largest absolute Gasteiger partial charge is 0.508 e. The summed E-state index contributed by atoms with van der Waals surface area (Å²) in [5.41, 5.74) is 0.919. The minimum atomic E-state index is -0.202. The number of fused-ring (bicyclic) bond motifs is 3. The van der Waals surface area contributed by atoms with Crippen molar-refractivity contribution in [3.05, 3.63) is 23.8 Å². The SMILES string of the molecule is CCOC(=O)[C@H]1C2Oc3ccc(O)cc3[C@@H]21. The maximum Gasteiger partial charge on any atom is 0.313 e. The molecule has 4 nitrogen and oxygen atoms in total. The van der Waals surface area contributed by atoms with Crippen molar-refractivity contribution in [2.45, 2.75) is 18.9 Å². The summed E-state index contributed by atoms with van der Waals surface area (Å²) in [6, 6.07) is 4.99. The molecule has 1 saturated carbocycles. The van der Waals surface area contributed by atoms with Gasteiger partial charge in [-0.25, -0.2) is 0 Å². The summed E-state index contributed by atoms with van der Waals surface area (Å²) in [5, 5.41) is 9.39. The van der Waals surface area contributed by atoms with Crippen LogP contribution in [0, 0.1) is 5.92 Å². The summed E-state index contributed by atoms with van der Waals surface area (Å²) in [6.07, 6.45) is -0.0872. The molecule has 0 aromatic heterocycles. The van der Waals surface area contributed by atoms with Gasteiger partial charge in [-0.15, -0.1) is 0 Å². The third kappa shape index (κ3) is 1.19. The molecule has 84 valence electrons. The molecule has 1 heterocycles. The molecule has 1 aromatic rings. The van der Waals surface area contributed by atoms with Gasteiger partial charge in [-0.1, -0.05) is 0 Å². The number of rotatable bonds is 2. The van der Waals surface area contributed by atoms with Crippen molar-refractivity contribution in [3.8, 4) is 11.5 Å². The molecule has 0 spiro atoms. The van der Waals surface area contributed by atoms with E-state index in [1.807, 2.05) is 0 Å². The standard InChI is InChI=1S/C12H12O4/c1-2-15-12(14)10-9-7-5-6(13)3-4-8(7)16-11(9)10/h3-5,9-11,13H,2H2,1H3/t9-,10-,11?/m1/s1. The average Bonchev–Trinajstić information content (AvgIpc) is 2.85. The highest BCUT2D eigenvalue weighted by Gasteiger charge is 2.63. The van der Waals surface area contributed by atoms with Gasteiger partial charge in [-0.3, -0.25) is 4.79 Å². The summed E-state index contributed by atoms with van der Waals surface area (Å²) in [7, 11) is 0. The van der Waals surface area contributed by atoms with E-state index in [-0.39, 0.29) is 29.7 Å². The number of carbonyl (C=O) groups is 1. The highest BCUT2D eigenvalue weighted by atomic mass is 16.5. The first-order valence-electron chi connectivity index (χ1n) is 5.38. The second-order valence-corrected chi connectivity index (χ2v) is 4.11. The van der Waals surface area contributed by atoms with Crippen LogP contribution < -0.4 is 4.74 Å². The normalized spacial score (nSPS) is 28.9. The van der Waals surface area contributed by atoms with Crippen LogP contribution >= 0.6 is 0 Å². The molecule has 1 N–H and O–H groups in total. The van der Waals surface area contributed by atoms with E-state index in [1.165, 1.54) is 0 Å². The lowest BCUT2D eigenvalue weighted by Gasteiger charge is -2.07. The van der Waals surface area contributed by atoms with Gasteiger partial charge in [0.2, 0.25) is 0 Å². The van der Waals surface area contributed by atoms with Crippen molar-refractivity contribution >= 4 is 5.97 Å². The Morgan fingerprint density at radius 3 is 3.12 bits per heavy atom. The Bertz CT molecular complexity index is 454. The van der Waals surface area contributed by atoms with Crippen molar-refractivity contribution in [3.63, 3.8) is 0 Å². The van der Waals surface area contributed by atoms with Gasteiger partial charge in [-0.2, -0.15) is 0 Å². The fourth-order valence-electron chi connectivity index (χ4n) is 2.37. The lowest BCUT2D eigenvalue weighted by atomic mass is 10.1. The number of benzene rings is 1. The second-order valence-electron chi connectivity index (χ2n) is 4.11. The van der Waals surface area contributed by atoms with E-state index in [1.54, 1.807) is 25.1 Å². The predicted octanol–water partition coefficient (Wildman–Crippen LogP) is 1.43. The van der Waals surface area contributed by atoms with Crippen molar-refractivity contribution in [1.29, 1.82) is 0 Å². The van der Waals surface area contributed by atoms with Gasteiger partial charge in [0.15, 0.2) is 0 Å². The van der Waals surface area contributed by atoms with Crippen LogP contribution in [0.15, 0.2) is 18.2 Å². The number of aromatic hydroxyl groups is 1. The number of ether oxygens (including phenoxy) is 2. The molecular weight excluding hydrogens is 208 g/mol. The van der Waals surface area contributed by atoms with Crippen LogP contribution in [0.3, 0.4) is 0 Å². The molecule has 1 fully saturated rings. The van der Waals surface area contributed by atoms with Gasteiger partial charge < -0.3 is 14.6 Å². The van der Waals surface area contributed by atoms with Crippen LogP contribution in [0.2, 0.25) is 0 Å². The van der Waals surface area contributed by atoms with Crippen LogP contribution in [0.5, 0.6) is 11.5 Å². The van der Waals surface area contributed by atoms with E-state index in [9.17, 15) is 9.90 Å². The summed E-state index contributed by atoms with van der Waals surface area (Å²) >= 11 is 0. The van der Waals surface area contributed by atoms with Crippen LogP contribution in [0.25, 0.3) is 0 Å². The van der Waals surface area contributed by atoms with Crippen molar-refractivity contribution < 1.29 is 19.4 Å². The molecular formula is C12H12O4. The minimum absolute atomic E-state index is 0.0705. The molecule has 4 heteroatoms. The first-order valence-corrected chi connectivity index (χ1v) is 5.38. The Hall–Kier alpha value is -1.71. The summed E-state index contributed by atoms with van der Waals surface area (Å²) in [4.78, 5) is 11.5. The van der Waals surface area contributed by atoms with Gasteiger partial charge in [0.05, 0.1) is 6.61 Å². The summed E-state index contributed by atoms with van der Waals surface area (Å²) in [6.45, 7) is 2.18. The molecule has 3 rings (SSSR count). The topological polar surface area (TPSA) is 55.8 Å². The lowest BCUT2D eigenvalue weighted by molar-refractivity contribution is -0.145. The fourth-order valence-corrected chi connectivity index (χ4v) is 2.37. The molecule has 0 saturated heterocycles. The minimum Gasteiger partial charge on any atom is -0.508 e. The number of esters is 1. The maximum atomic E-state index is 11.5. The third-order valence-corrected chi connectivity index (χ3v) is 3.13. The Labute approximate surface area is 92.8 Å². The molecule has 3 atom stereocenters. The van der Waals surface area contributed by atoms with E-state index in [4.69, 9.17) is 9.47 Å². The molecule has 1 aromatic carbocycles. The van der Waals surface area contributed by atoms with Crippen LogP contribution in [-0.2, 0) is 9.53 Å². The van der Waals surface area contributed by atoms with Gasteiger partial charge in [0, 0.05) is 11.5 Å². The van der Waals surface area contributed by atoms with Gasteiger partial charge in [0.1, 0.15) is 23.5 Å². The Balaban J connectivity index is 1.84. The number of phenols is 1. The Morgan fingerprint density at radius 1 is 1.56 bits per heavy atom. The number of carbonyl (C=O) groups excluding carboxylic acids is 1. The quantitative estimate of drug-likeness (QED) is 0.766. The van der Waals surface area contributed by atoms with E-state index in [2.05, 4.69) is 0 Å². The van der Waals surface area contributed by atoms with Crippen LogP contribution in [0.4, 0.5) is 0 Å². The summed E-state index contributed by atoms with van der Waals surface area (Å²) < 4.78 is 10.6. The maximum absolute atomic E-state index is 11.5. The zero-order valence-corrected chi connectivity index (χ0v) is 8.84. The Morgan fingerprint density at radius 2 is 2.38 bits per heavy atom. The molecule has 16 heavy (non-hydrogen) atoms. The highest BCUT2D eigenvalue weighted by molar-refractivity contribution is 5.80. The van der Waals surface area contributed by atoms with E-state index in [0.717, 1.165) is 11.3 Å². The van der Waals surface area contributed by atoms with E-state index >= 15 is 0 Å². The lowest BCUT2D eigenvalue weighted by Crippen LogP contribution is -2.13. The van der Waals surface area contributed by atoms with Gasteiger partial charge in [-0.05, 0) is 25.1 Å². The zero-order valence-electron chi connectivity index (χ0n) is 8.84. The van der Waals surface area contributed by atoms with Gasteiger partial charge in [0.25, 0.3) is 0 Å². The highest BCUT2D eigenvalue weighted by Crippen LogP contribution is 2.59. The van der Waals surface area contributed by atoms with Crippen molar-refractivity contribution in [1.82, 2.24) is 0 Å².